The van der Waals surface area contributed by atoms with Crippen molar-refractivity contribution >= 4 is 33.4 Å². The van der Waals surface area contributed by atoms with Gasteiger partial charge in [-0.3, -0.25) is 4.79 Å². The number of H-pyrrole nitrogens is 1. The Bertz CT molecular complexity index is 1240. The third-order valence-corrected chi connectivity index (χ3v) is 5.33. The average Bonchev–Trinajstić information content (AvgIpc) is 3.35. The summed E-state index contributed by atoms with van der Waals surface area (Å²) in [6, 6.07) is 12.7. The first kappa shape index (κ1) is 17.6. The van der Waals surface area contributed by atoms with E-state index < -0.39 is 5.91 Å². The minimum Gasteiger partial charge on any atom is -0.380 e. The molecule has 29 heavy (non-hydrogen) atoms. The van der Waals surface area contributed by atoms with Crippen molar-refractivity contribution < 1.29 is 13.9 Å². The molecule has 0 aliphatic carbocycles. The van der Waals surface area contributed by atoms with Gasteiger partial charge in [0.05, 0.1) is 18.2 Å². The fraction of sp³-hybridized carbons (Fsp3) is 0.182. The lowest BCUT2D eigenvalue weighted by Gasteiger charge is -2.12. The van der Waals surface area contributed by atoms with Crippen molar-refractivity contribution in [2.24, 2.45) is 5.73 Å². The molecule has 0 bridgehead atoms. The van der Waals surface area contributed by atoms with Gasteiger partial charge >= 0.3 is 0 Å². The molecule has 1 aliphatic rings. The zero-order valence-corrected chi connectivity index (χ0v) is 15.5. The molecule has 1 amide bonds. The second-order valence-electron chi connectivity index (χ2n) is 7.20. The molecule has 4 aromatic rings. The van der Waals surface area contributed by atoms with E-state index in [0.29, 0.717) is 23.3 Å². The lowest BCUT2D eigenvalue weighted by atomic mass is 10.00. The van der Waals surface area contributed by atoms with Crippen LogP contribution in [-0.2, 0) is 4.74 Å². The van der Waals surface area contributed by atoms with Gasteiger partial charge in [-0.25, -0.2) is 9.37 Å². The minimum absolute atomic E-state index is 0.134. The number of anilines is 1. The van der Waals surface area contributed by atoms with Crippen molar-refractivity contribution in [1.82, 2.24) is 9.97 Å². The maximum atomic E-state index is 14.5. The number of carbonyl (C=O) groups is 1. The molecule has 4 N–H and O–H groups in total. The van der Waals surface area contributed by atoms with E-state index >= 15 is 0 Å². The highest BCUT2D eigenvalue weighted by atomic mass is 19.1. The molecule has 0 radical (unpaired) electrons. The fourth-order valence-corrected chi connectivity index (χ4v) is 3.96. The van der Waals surface area contributed by atoms with Crippen LogP contribution in [0.3, 0.4) is 0 Å². The van der Waals surface area contributed by atoms with Crippen molar-refractivity contribution in [2.75, 3.05) is 18.5 Å². The second-order valence-corrected chi connectivity index (χ2v) is 7.20. The number of amides is 1. The van der Waals surface area contributed by atoms with Gasteiger partial charge in [-0.15, -0.1) is 0 Å². The minimum atomic E-state index is -0.636. The van der Waals surface area contributed by atoms with Crippen LogP contribution in [0.2, 0.25) is 0 Å². The van der Waals surface area contributed by atoms with Gasteiger partial charge in [-0.1, -0.05) is 24.3 Å². The molecule has 2 aromatic heterocycles. The summed E-state index contributed by atoms with van der Waals surface area (Å²) in [5, 5.41) is 5.06. The smallest absolute Gasteiger partial charge is 0.269 e. The fourth-order valence-electron chi connectivity index (χ4n) is 3.96. The molecule has 5 rings (SSSR count). The third-order valence-electron chi connectivity index (χ3n) is 5.33. The normalized spacial score (nSPS) is 16.5. The number of hydrogen-bond acceptors (Lipinski definition) is 4. The van der Waals surface area contributed by atoms with E-state index in [4.69, 9.17) is 10.5 Å². The van der Waals surface area contributed by atoms with E-state index in [0.717, 1.165) is 35.0 Å². The van der Waals surface area contributed by atoms with E-state index in [1.54, 1.807) is 18.2 Å². The van der Waals surface area contributed by atoms with Crippen molar-refractivity contribution in [2.45, 2.75) is 12.5 Å². The lowest BCUT2D eigenvalue weighted by molar-refractivity contribution is 0.0997. The van der Waals surface area contributed by atoms with E-state index in [-0.39, 0.29) is 17.6 Å². The average molecular weight is 390 g/mol. The molecule has 0 spiro atoms. The Morgan fingerprint density at radius 2 is 2.10 bits per heavy atom. The quantitative estimate of drug-likeness (QED) is 0.494. The Morgan fingerprint density at radius 1 is 1.24 bits per heavy atom. The van der Waals surface area contributed by atoms with Crippen LogP contribution in [0.5, 0.6) is 0 Å². The molecule has 1 fully saturated rings. The van der Waals surface area contributed by atoms with Gasteiger partial charge in [-0.05, 0) is 24.6 Å². The number of ether oxygens (including phenoxy) is 1. The number of benzene rings is 2. The van der Waals surface area contributed by atoms with E-state index in [1.165, 1.54) is 12.3 Å². The Labute approximate surface area is 165 Å². The first-order valence-electron chi connectivity index (χ1n) is 9.45. The first-order chi connectivity index (χ1) is 14.1. The lowest BCUT2D eigenvalue weighted by Crippen LogP contribution is -2.18. The molecule has 1 aliphatic heterocycles. The Balaban J connectivity index is 1.73. The summed E-state index contributed by atoms with van der Waals surface area (Å²) >= 11 is 0. The Hall–Kier alpha value is -3.45. The van der Waals surface area contributed by atoms with E-state index in [2.05, 4.69) is 15.3 Å². The number of nitrogens with zero attached hydrogens (tertiary/aromatic N) is 1. The van der Waals surface area contributed by atoms with Gasteiger partial charge in [-0.2, -0.15) is 0 Å². The summed E-state index contributed by atoms with van der Waals surface area (Å²) in [6.07, 6.45) is 2.47. The number of fused-ring (bicyclic) bond motifs is 3. The predicted molar refractivity (Wildman–Crippen MR) is 110 cm³/mol. The summed E-state index contributed by atoms with van der Waals surface area (Å²) in [7, 11) is 0. The van der Waals surface area contributed by atoms with Crippen molar-refractivity contribution in [3.05, 3.63) is 60.2 Å². The van der Waals surface area contributed by atoms with Crippen LogP contribution < -0.4 is 11.1 Å². The highest BCUT2D eigenvalue weighted by molar-refractivity contribution is 6.19. The molecule has 2 aromatic carbocycles. The molecule has 6 nitrogen and oxygen atoms in total. The SMILES string of the molecule is NC(=O)c1ncc(-c2ccccc2F)c2c1[nH]c1cc(NC3CCOC3)ccc12. The summed E-state index contributed by atoms with van der Waals surface area (Å²) in [5.41, 5.74) is 8.98. The van der Waals surface area contributed by atoms with Gasteiger partial charge in [0.25, 0.3) is 5.91 Å². The van der Waals surface area contributed by atoms with E-state index in [1.807, 2.05) is 18.2 Å². The molecular formula is C22H19FN4O2. The molecule has 7 heteroatoms. The molecular weight excluding hydrogens is 371 g/mol. The zero-order chi connectivity index (χ0) is 20.0. The van der Waals surface area contributed by atoms with Crippen LogP contribution in [-0.4, -0.2) is 35.1 Å². The van der Waals surface area contributed by atoms with Crippen LogP contribution in [0.1, 0.15) is 16.9 Å². The Kier molecular flexibility index (Phi) is 4.17. The molecule has 1 saturated heterocycles. The van der Waals surface area contributed by atoms with Crippen LogP contribution in [0.4, 0.5) is 10.1 Å². The first-order valence-corrected chi connectivity index (χ1v) is 9.45. The number of hydrogen-bond donors (Lipinski definition) is 3. The molecule has 3 heterocycles. The predicted octanol–water partition coefficient (Wildman–Crippen LogP) is 3.82. The molecule has 0 saturated carbocycles. The van der Waals surface area contributed by atoms with Crippen LogP contribution in [0, 0.1) is 5.82 Å². The van der Waals surface area contributed by atoms with Gasteiger partial charge < -0.3 is 20.8 Å². The van der Waals surface area contributed by atoms with E-state index in [9.17, 15) is 9.18 Å². The number of pyridine rings is 1. The Morgan fingerprint density at radius 3 is 2.86 bits per heavy atom. The van der Waals surface area contributed by atoms with Crippen LogP contribution >= 0.6 is 0 Å². The maximum Gasteiger partial charge on any atom is 0.269 e. The number of primary amides is 1. The highest BCUT2D eigenvalue weighted by Gasteiger charge is 2.20. The number of rotatable bonds is 4. The maximum absolute atomic E-state index is 14.5. The number of aromatic nitrogens is 2. The summed E-state index contributed by atoms with van der Waals surface area (Å²) in [5.74, 6) is -0.987. The number of aromatic amines is 1. The largest absolute Gasteiger partial charge is 0.380 e. The topological polar surface area (TPSA) is 93.0 Å². The van der Waals surface area contributed by atoms with Crippen molar-refractivity contribution in [3.8, 4) is 11.1 Å². The van der Waals surface area contributed by atoms with Gasteiger partial charge in [0.1, 0.15) is 5.82 Å². The molecule has 146 valence electrons. The van der Waals surface area contributed by atoms with Gasteiger partial charge in [0.15, 0.2) is 5.69 Å². The van der Waals surface area contributed by atoms with Crippen molar-refractivity contribution in [3.63, 3.8) is 0 Å². The summed E-state index contributed by atoms with van der Waals surface area (Å²) in [4.78, 5) is 19.4. The van der Waals surface area contributed by atoms with Gasteiger partial charge in [0.2, 0.25) is 0 Å². The third kappa shape index (κ3) is 3.00. The van der Waals surface area contributed by atoms with Crippen LogP contribution in [0.15, 0.2) is 48.7 Å². The van der Waals surface area contributed by atoms with Crippen LogP contribution in [0.25, 0.3) is 32.9 Å². The standard InChI is InChI=1S/C22H19FN4O2/c23-17-4-2-1-3-14(17)16-10-25-21(22(24)28)20-19(16)15-6-5-12(9-18(15)27-20)26-13-7-8-29-11-13/h1-6,9-10,13,26-27H,7-8,11H2,(H2,24,28). The second kappa shape index (κ2) is 6.86. The number of nitrogens with one attached hydrogen (secondary N) is 2. The zero-order valence-electron chi connectivity index (χ0n) is 15.5. The number of nitrogens with two attached hydrogens (primary N) is 1. The number of halogens is 1. The summed E-state index contributed by atoms with van der Waals surface area (Å²) in [6.45, 7) is 1.43. The molecule has 1 atom stereocenters. The highest BCUT2D eigenvalue weighted by Crippen LogP contribution is 2.37. The van der Waals surface area contributed by atoms with Gasteiger partial charge in [0, 0.05) is 45.9 Å². The summed E-state index contributed by atoms with van der Waals surface area (Å²) < 4.78 is 19.9. The van der Waals surface area contributed by atoms with Crippen molar-refractivity contribution in [1.29, 1.82) is 0 Å². The monoisotopic (exact) mass is 390 g/mol. The number of carbonyl (C=O) groups excluding carboxylic acids is 1. The molecule has 1 unspecified atom stereocenters.